The van der Waals surface area contributed by atoms with Gasteiger partial charge in [-0.2, -0.15) is 0 Å². The van der Waals surface area contributed by atoms with Crippen molar-refractivity contribution in [1.82, 2.24) is 5.32 Å². The molecule has 3 rings (SSSR count). The summed E-state index contributed by atoms with van der Waals surface area (Å²) in [6.07, 6.45) is 2.67. The largest absolute Gasteiger partial charge is 0.319 e. The lowest BCUT2D eigenvalue weighted by Crippen LogP contribution is -2.31. The molecule has 0 bridgehead atoms. The third-order valence-corrected chi connectivity index (χ3v) is 6.12. The van der Waals surface area contributed by atoms with Gasteiger partial charge in [0.05, 0.1) is 17.8 Å². The van der Waals surface area contributed by atoms with Crippen LogP contribution in [0.4, 0.5) is 15.1 Å². The van der Waals surface area contributed by atoms with Crippen LogP contribution < -0.4 is 16.0 Å². The molecule has 1 aromatic carbocycles. The first-order chi connectivity index (χ1) is 13.8. The summed E-state index contributed by atoms with van der Waals surface area (Å²) >= 11 is 1.46. The molecule has 1 aliphatic rings. The quantitative estimate of drug-likeness (QED) is 0.623. The highest BCUT2D eigenvalue weighted by molar-refractivity contribution is 7.17. The van der Waals surface area contributed by atoms with Crippen molar-refractivity contribution in [2.45, 2.75) is 40.0 Å². The van der Waals surface area contributed by atoms with E-state index in [0.717, 1.165) is 36.2 Å². The van der Waals surface area contributed by atoms with Crippen molar-refractivity contribution in [3.63, 3.8) is 0 Å². The van der Waals surface area contributed by atoms with Gasteiger partial charge in [-0.15, -0.1) is 11.3 Å². The molecule has 1 atom stereocenters. The molecule has 7 heteroatoms. The van der Waals surface area contributed by atoms with Gasteiger partial charge in [0.2, 0.25) is 5.91 Å². The van der Waals surface area contributed by atoms with E-state index < -0.39 is 5.82 Å². The van der Waals surface area contributed by atoms with E-state index in [4.69, 9.17) is 0 Å². The second-order valence-corrected chi connectivity index (χ2v) is 9.17. The summed E-state index contributed by atoms with van der Waals surface area (Å²) < 4.78 is 14.0. The summed E-state index contributed by atoms with van der Waals surface area (Å²) in [4.78, 5) is 26.6. The smallest absolute Gasteiger partial charge is 0.259 e. The molecule has 1 aromatic heterocycles. The molecule has 29 heavy (non-hydrogen) atoms. The fourth-order valence-corrected chi connectivity index (χ4v) is 4.90. The molecule has 2 aromatic rings. The number of fused-ring (bicyclic) bond motifs is 1. The highest BCUT2D eigenvalue weighted by Gasteiger charge is 2.28. The number of hydrogen-bond donors (Lipinski definition) is 3. The number of thiophene rings is 1. The number of rotatable bonds is 7. The van der Waals surface area contributed by atoms with Crippen molar-refractivity contribution in [1.29, 1.82) is 0 Å². The fourth-order valence-electron chi connectivity index (χ4n) is 3.47. The van der Waals surface area contributed by atoms with Crippen LogP contribution in [0.5, 0.6) is 0 Å². The maximum Gasteiger partial charge on any atom is 0.259 e. The minimum absolute atomic E-state index is 0.137. The number of amides is 2. The molecule has 2 amide bonds. The van der Waals surface area contributed by atoms with E-state index in [1.807, 2.05) is 0 Å². The summed E-state index contributed by atoms with van der Waals surface area (Å²) in [6.45, 7) is 7.27. The minimum atomic E-state index is -0.484. The average molecular weight is 418 g/mol. The number of hydrogen-bond acceptors (Lipinski definition) is 4. The van der Waals surface area contributed by atoms with Crippen LogP contribution in [0.1, 0.15) is 48.0 Å². The van der Waals surface area contributed by atoms with Crippen molar-refractivity contribution in [2.75, 3.05) is 23.7 Å². The van der Waals surface area contributed by atoms with Crippen molar-refractivity contribution >= 4 is 33.8 Å². The number of para-hydroxylation sites is 1. The van der Waals surface area contributed by atoms with Crippen LogP contribution in [0, 0.1) is 17.7 Å². The van der Waals surface area contributed by atoms with E-state index in [-0.39, 0.29) is 24.0 Å². The highest BCUT2D eigenvalue weighted by atomic mass is 32.1. The van der Waals surface area contributed by atoms with Gasteiger partial charge in [-0.3, -0.25) is 9.59 Å². The zero-order chi connectivity index (χ0) is 21.0. The van der Waals surface area contributed by atoms with E-state index in [1.165, 1.54) is 23.5 Å². The zero-order valence-corrected chi connectivity index (χ0v) is 17.9. The SMILES string of the molecule is CC(C)CNCC(=O)Nc1sc2c(c1C(=O)Nc1ccccc1F)CC[C@H](C)C2. The summed E-state index contributed by atoms with van der Waals surface area (Å²) in [7, 11) is 0. The third-order valence-electron chi connectivity index (χ3n) is 4.95. The zero-order valence-electron chi connectivity index (χ0n) is 17.1. The first-order valence-corrected chi connectivity index (χ1v) is 10.9. The highest BCUT2D eigenvalue weighted by Crippen LogP contribution is 2.40. The Hall–Kier alpha value is -2.25. The maximum atomic E-state index is 14.0. The Kier molecular flexibility index (Phi) is 7.03. The topological polar surface area (TPSA) is 70.2 Å². The lowest BCUT2D eigenvalue weighted by atomic mass is 9.88. The van der Waals surface area contributed by atoms with Crippen LogP contribution >= 0.6 is 11.3 Å². The van der Waals surface area contributed by atoms with Crippen molar-refractivity contribution in [2.24, 2.45) is 11.8 Å². The van der Waals surface area contributed by atoms with Gasteiger partial charge in [0, 0.05) is 4.88 Å². The molecule has 156 valence electrons. The molecule has 1 heterocycles. The minimum Gasteiger partial charge on any atom is -0.319 e. The molecule has 0 fully saturated rings. The Bertz CT molecular complexity index is 894. The molecule has 0 saturated carbocycles. The molecule has 0 radical (unpaired) electrons. The first kappa shape index (κ1) is 21.5. The van der Waals surface area contributed by atoms with Gasteiger partial charge in [-0.25, -0.2) is 4.39 Å². The van der Waals surface area contributed by atoms with E-state index in [0.29, 0.717) is 22.4 Å². The Balaban J connectivity index is 1.83. The summed E-state index contributed by atoms with van der Waals surface area (Å²) in [5.41, 5.74) is 1.59. The van der Waals surface area contributed by atoms with Crippen LogP contribution in [0.3, 0.4) is 0 Å². The normalized spacial score (nSPS) is 15.8. The van der Waals surface area contributed by atoms with E-state index in [9.17, 15) is 14.0 Å². The van der Waals surface area contributed by atoms with Gasteiger partial charge >= 0.3 is 0 Å². The molecule has 0 spiro atoms. The fraction of sp³-hybridized carbons (Fsp3) is 0.455. The predicted octanol–water partition coefficient (Wildman–Crippen LogP) is 4.45. The van der Waals surface area contributed by atoms with Crippen LogP contribution in [0.2, 0.25) is 0 Å². The Labute approximate surface area is 175 Å². The van der Waals surface area contributed by atoms with Crippen LogP contribution in [0.15, 0.2) is 24.3 Å². The van der Waals surface area contributed by atoms with E-state index in [1.54, 1.807) is 12.1 Å². The molecule has 0 saturated heterocycles. The predicted molar refractivity (Wildman–Crippen MR) is 116 cm³/mol. The Morgan fingerprint density at radius 1 is 1.24 bits per heavy atom. The third kappa shape index (κ3) is 5.42. The van der Waals surface area contributed by atoms with E-state index in [2.05, 4.69) is 36.7 Å². The van der Waals surface area contributed by atoms with Gasteiger partial charge in [0.25, 0.3) is 5.91 Å². The number of benzene rings is 1. The molecule has 1 aliphatic carbocycles. The summed E-state index contributed by atoms with van der Waals surface area (Å²) in [6, 6.07) is 6.09. The van der Waals surface area contributed by atoms with Gasteiger partial charge in [-0.05, 0) is 55.3 Å². The van der Waals surface area contributed by atoms with Gasteiger partial charge in [0.15, 0.2) is 0 Å². The van der Waals surface area contributed by atoms with Crippen LogP contribution in [-0.2, 0) is 17.6 Å². The lowest BCUT2D eigenvalue weighted by molar-refractivity contribution is -0.115. The second-order valence-electron chi connectivity index (χ2n) is 8.06. The summed E-state index contributed by atoms with van der Waals surface area (Å²) in [5, 5.41) is 9.23. The van der Waals surface area contributed by atoms with Gasteiger partial charge in [0.1, 0.15) is 10.8 Å². The molecular weight excluding hydrogens is 389 g/mol. The molecule has 0 aliphatic heterocycles. The molecule has 5 nitrogen and oxygen atoms in total. The van der Waals surface area contributed by atoms with E-state index >= 15 is 0 Å². The molecule has 0 unspecified atom stereocenters. The van der Waals surface area contributed by atoms with Crippen molar-refractivity contribution in [3.8, 4) is 0 Å². The number of carbonyl (C=O) groups is 2. The molecule has 3 N–H and O–H groups in total. The Morgan fingerprint density at radius 3 is 2.72 bits per heavy atom. The van der Waals surface area contributed by atoms with Crippen LogP contribution in [0.25, 0.3) is 0 Å². The lowest BCUT2D eigenvalue weighted by Gasteiger charge is -2.18. The van der Waals surface area contributed by atoms with Crippen molar-refractivity contribution in [3.05, 3.63) is 46.1 Å². The Morgan fingerprint density at radius 2 is 2.00 bits per heavy atom. The van der Waals surface area contributed by atoms with Gasteiger partial charge < -0.3 is 16.0 Å². The first-order valence-electron chi connectivity index (χ1n) is 10.1. The summed E-state index contributed by atoms with van der Waals surface area (Å²) in [5.74, 6) is -0.0628. The van der Waals surface area contributed by atoms with Gasteiger partial charge in [-0.1, -0.05) is 32.9 Å². The maximum absolute atomic E-state index is 14.0. The average Bonchev–Trinajstić information content (AvgIpc) is 3.00. The van der Waals surface area contributed by atoms with Crippen LogP contribution in [-0.4, -0.2) is 24.9 Å². The number of nitrogens with one attached hydrogen (secondary N) is 3. The number of anilines is 2. The molecular formula is C22H28FN3O2S. The number of carbonyl (C=O) groups excluding carboxylic acids is 2. The monoisotopic (exact) mass is 417 g/mol. The van der Waals surface area contributed by atoms with Crippen molar-refractivity contribution < 1.29 is 14.0 Å². The number of halogens is 1. The second kappa shape index (κ2) is 9.50. The standard InChI is InChI=1S/C22H28FN3O2S/c1-13(2)11-24-12-19(27)26-22-20(15-9-8-14(3)10-18(15)29-22)21(28)25-17-7-5-4-6-16(17)23/h4-7,13-14,24H,8-12H2,1-3H3,(H,25,28)(H,26,27)/t14-/m0/s1.